The lowest BCUT2D eigenvalue weighted by molar-refractivity contribution is -0.121. The van der Waals surface area contributed by atoms with Crippen LogP contribution in [0.4, 0.5) is 0 Å². The molecular formula is C13H25ClN2OS. The molecule has 1 unspecified atom stereocenters. The van der Waals surface area contributed by atoms with Gasteiger partial charge in [0.25, 0.3) is 0 Å². The summed E-state index contributed by atoms with van der Waals surface area (Å²) in [5.41, 5.74) is 0. The van der Waals surface area contributed by atoms with Gasteiger partial charge in [0.15, 0.2) is 0 Å². The van der Waals surface area contributed by atoms with Crippen molar-refractivity contribution >= 4 is 30.1 Å². The zero-order valence-electron chi connectivity index (χ0n) is 11.0. The van der Waals surface area contributed by atoms with Crippen LogP contribution < -0.4 is 10.6 Å². The van der Waals surface area contributed by atoms with Crippen molar-refractivity contribution in [3.05, 3.63) is 0 Å². The predicted octanol–water partition coefficient (Wildman–Crippen LogP) is 2.20. The average molecular weight is 293 g/mol. The average Bonchev–Trinajstić information content (AvgIpc) is 2.83. The van der Waals surface area contributed by atoms with E-state index >= 15 is 0 Å². The molecule has 2 rings (SSSR count). The molecule has 1 aliphatic heterocycles. The highest BCUT2D eigenvalue weighted by atomic mass is 35.5. The van der Waals surface area contributed by atoms with Gasteiger partial charge in [-0.15, -0.1) is 12.4 Å². The highest BCUT2D eigenvalue weighted by Crippen LogP contribution is 2.26. The van der Waals surface area contributed by atoms with Crippen LogP contribution in [-0.2, 0) is 4.79 Å². The van der Waals surface area contributed by atoms with E-state index < -0.39 is 0 Å². The lowest BCUT2D eigenvalue weighted by atomic mass is 10.0. The molecule has 3 nitrogen and oxygen atoms in total. The fraction of sp³-hybridized carbons (Fsp3) is 0.923. The van der Waals surface area contributed by atoms with Crippen LogP contribution in [0.15, 0.2) is 0 Å². The molecular weight excluding hydrogens is 268 g/mol. The highest BCUT2D eigenvalue weighted by Gasteiger charge is 2.17. The van der Waals surface area contributed by atoms with Crippen LogP contribution in [0.25, 0.3) is 0 Å². The molecule has 1 amide bonds. The van der Waals surface area contributed by atoms with Crippen LogP contribution in [-0.4, -0.2) is 36.5 Å². The first kappa shape index (κ1) is 16.1. The number of nitrogens with one attached hydrogen (secondary N) is 2. The largest absolute Gasteiger partial charge is 0.356 e. The van der Waals surface area contributed by atoms with Crippen LogP contribution in [0, 0.1) is 5.92 Å². The minimum absolute atomic E-state index is 0. The van der Waals surface area contributed by atoms with E-state index in [-0.39, 0.29) is 18.3 Å². The monoisotopic (exact) mass is 292 g/mol. The van der Waals surface area contributed by atoms with Gasteiger partial charge in [-0.05, 0) is 12.3 Å². The fourth-order valence-corrected chi connectivity index (χ4v) is 3.71. The molecule has 0 radical (unpaired) electrons. The van der Waals surface area contributed by atoms with Gasteiger partial charge < -0.3 is 10.6 Å². The van der Waals surface area contributed by atoms with Gasteiger partial charge in [-0.1, -0.05) is 25.7 Å². The molecule has 0 aromatic carbocycles. The smallest absolute Gasteiger partial charge is 0.221 e. The summed E-state index contributed by atoms with van der Waals surface area (Å²) in [4.78, 5) is 11.7. The number of thioether (sulfide) groups is 1. The van der Waals surface area contributed by atoms with Gasteiger partial charge in [0.05, 0.1) is 0 Å². The maximum atomic E-state index is 11.7. The van der Waals surface area contributed by atoms with Gasteiger partial charge >= 0.3 is 0 Å². The summed E-state index contributed by atoms with van der Waals surface area (Å²) in [7, 11) is 0. The minimum Gasteiger partial charge on any atom is -0.356 e. The molecule has 0 bridgehead atoms. The number of hydrogen-bond acceptors (Lipinski definition) is 3. The maximum absolute atomic E-state index is 11.7. The molecule has 2 N–H and O–H groups in total. The molecule has 1 saturated carbocycles. The molecule has 0 aromatic heterocycles. The van der Waals surface area contributed by atoms with E-state index in [2.05, 4.69) is 10.6 Å². The number of hydrogen-bond donors (Lipinski definition) is 2. The second-order valence-corrected chi connectivity index (χ2v) is 6.37. The molecule has 1 heterocycles. The van der Waals surface area contributed by atoms with Crippen molar-refractivity contribution in [3.8, 4) is 0 Å². The number of rotatable bonds is 5. The van der Waals surface area contributed by atoms with E-state index in [1.54, 1.807) is 0 Å². The Bertz CT molecular complexity index is 241. The normalized spacial score (nSPS) is 24.6. The van der Waals surface area contributed by atoms with Crippen molar-refractivity contribution in [3.63, 3.8) is 0 Å². The van der Waals surface area contributed by atoms with Gasteiger partial charge in [-0.3, -0.25) is 4.79 Å². The van der Waals surface area contributed by atoms with E-state index in [1.165, 1.54) is 37.9 Å². The van der Waals surface area contributed by atoms with Gasteiger partial charge in [-0.2, -0.15) is 11.8 Å². The van der Waals surface area contributed by atoms with Crippen molar-refractivity contribution in [1.82, 2.24) is 10.6 Å². The number of amides is 1. The Kier molecular flexibility index (Phi) is 8.11. The second-order valence-electron chi connectivity index (χ2n) is 5.22. The molecule has 1 atom stereocenters. The Labute approximate surface area is 121 Å². The summed E-state index contributed by atoms with van der Waals surface area (Å²) >= 11 is 1.95. The predicted molar refractivity (Wildman–Crippen MR) is 80.6 cm³/mol. The molecule has 0 aromatic rings. The van der Waals surface area contributed by atoms with Crippen LogP contribution >= 0.6 is 24.2 Å². The van der Waals surface area contributed by atoms with Crippen molar-refractivity contribution in [1.29, 1.82) is 0 Å². The molecule has 106 valence electrons. The SMILES string of the molecule is Cl.O=C(CC1CSCCN1)NCCC1CCCC1. The lowest BCUT2D eigenvalue weighted by Crippen LogP contribution is -2.41. The zero-order valence-corrected chi connectivity index (χ0v) is 12.6. The van der Waals surface area contributed by atoms with Gasteiger partial charge in [-0.25, -0.2) is 0 Å². The molecule has 1 aliphatic carbocycles. The topological polar surface area (TPSA) is 41.1 Å². The number of halogens is 1. The van der Waals surface area contributed by atoms with Gasteiger partial charge in [0.2, 0.25) is 5.91 Å². The first-order valence-electron chi connectivity index (χ1n) is 6.92. The molecule has 2 fully saturated rings. The van der Waals surface area contributed by atoms with E-state index in [1.807, 2.05) is 11.8 Å². The summed E-state index contributed by atoms with van der Waals surface area (Å²) in [6.45, 7) is 1.92. The van der Waals surface area contributed by atoms with E-state index in [9.17, 15) is 4.79 Å². The van der Waals surface area contributed by atoms with Crippen LogP contribution in [0.2, 0.25) is 0 Å². The Morgan fingerprint density at radius 3 is 2.78 bits per heavy atom. The Hall–Kier alpha value is 0.0700. The van der Waals surface area contributed by atoms with Crippen LogP contribution in [0.5, 0.6) is 0 Å². The third-order valence-corrected chi connectivity index (χ3v) is 4.91. The molecule has 2 aliphatic rings. The van der Waals surface area contributed by atoms with Crippen molar-refractivity contribution < 1.29 is 4.79 Å². The Morgan fingerprint density at radius 1 is 1.33 bits per heavy atom. The second kappa shape index (κ2) is 9.05. The van der Waals surface area contributed by atoms with Crippen molar-refractivity contribution in [2.45, 2.75) is 44.6 Å². The zero-order chi connectivity index (χ0) is 11.9. The highest BCUT2D eigenvalue weighted by molar-refractivity contribution is 7.99. The standard InChI is InChI=1S/C13H24N2OS.ClH/c16-13(9-12-10-17-8-7-14-12)15-6-5-11-3-1-2-4-11;/h11-12,14H,1-10H2,(H,15,16);1H. The minimum atomic E-state index is 0. The summed E-state index contributed by atoms with van der Waals surface area (Å²) < 4.78 is 0. The van der Waals surface area contributed by atoms with Gasteiger partial charge in [0.1, 0.15) is 0 Å². The maximum Gasteiger partial charge on any atom is 0.221 e. The first-order valence-corrected chi connectivity index (χ1v) is 8.08. The summed E-state index contributed by atoms with van der Waals surface area (Å²) in [5, 5.41) is 6.47. The Balaban J connectivity index is 0.00000162. The van der Waals surface area contributed by atoms with Crippen molar-refractivity contribution in [2.24, 2.45) is 5.92 Å². The first-order chi connectivity index (χ1) is 8.34. The number of carbonyl (C=O) groups excluding carboxylic acids is 1. The Morgan fingerprint density at radius 2 is 2.11 bits per heavy atom. The third-order valence-electron chi connectivity index (χ3n) is 3.78. The molecule has 1 saturated heterocycles. The van der Waals surface area contributed by atoms with Crippen molar-refractivity contribution in [2.75, 3.05) is 24.6 Å². The van der Waals surface area contributed by atoms with E-state index in [4.69, 9.17) is 0 Å². The summed E-state index contributed by atoms with van der Waals surface area (Å²) in [6, 6.07) is 0.389. The molecule has 18 heavy (non-hydrogen) atoms. The van der Waals surface area contributed by atoms with Crippen LogP contribution in [0.1, 0.15) is 38.5 Å². The van der Waals surface area contributed by atoms with Crippen LogP contribution in [0.3, 0.4) is 0 Å². The third kappa shape index (κ3) is 5.81. The summed E-state index contributed by atoms with van der Waals surface area (Å²) in [5.74, 6) is 3.36. The quantitative estimate of drug-likeness (QED) is 0.816. The fourth-order valence-electron chi connectivity index (χ4n) is 2.76. The van der Waals surface area contributed by atoms with E-state index in [0.29, 0.717) is 12.5 Å². The number of carbonyl (C=O) groups is 1. The molecule has 5 heteroatoms. The molecule has 0 spiro atoms. The lowest BCUT2D eigenvalue weighted by Gasteiger charge is -2.22. The van der Waals surface area contributed by atoms with Gasteiger partial charge in [0, 0.05) is 37.1 Å². The van der Waals surface area contributed by atoms with E-state index in [0.717, 1.165) is 24.8 Å². The summed E-state index contributed by atoms with van der Waals surface area (Å²) in [6.07, 6.45) is 7.35.